The van der Waals surface area contributed by atoms with E-state index in [-0.39, 0.29) is 5.88 Å². The lowest BCUT2D eigenvalue weighted by Crippen LogP contribution is -1.91. The third-order valence-electron chi connectivity index (χ3n) is 3.19. The van der Waals surface area contributed by atoms with Gasteiger partial charge in [-0.1, -0.05) is 0 Å². The monoisotopic (exact) mass is 262 g/mol. The van der Waals surface area contributed by atoms with E-state index in [9.17, 15) is 5.11 Å². The van der Waals surface area contributed by atoms with Crippen LogP contribution in [0.25, 0.3) is 11.3 Å². The van der Waals surface area contributed by atoms with Crippen molar-refractivity contribution in [1.29, 1.82) is 0 Å². The molecule has 1 heterocycles. The lowest BCUT2D eigenvalue weighted by Gasteiger charge is -2.09. The van der Waals surface area contributed by atoms with Gasteiger partial charge in [-0.05, 0) is 50.3 Å². The van der Waals surface area contributed by atoms with Gasteiger partial charge in [-0.3, -0.25) is 0 Å². The zero-order chi connectivity index (χ0) is 13.4. The van der Waals surface area contributed by atoms with Crippen molar-refractivity contribution >= 4 is 11.8 Å². The van der Waals surface area contributed by atoms with Gasteiger partial charge in [0.05, 0.1) is 5.69 Å². The Hall–Kier alpha value is -1.42. The highest BCUT2D eigenvalue weighted by Gasteiger charge is 2.14. The largest absolute Gasteiger partial charge is 0.493 e. The van der Waals surface area contributed by atoms with Crippen molar-refractivity contribution in [2.24, 2.45) is 7.05 Å². The second-order valence-electron chi connectivity index (χ2n) is 4.56. The molecule has 96 valence electrons. The number of aromatic nitrogens is 2. The Morgan fingerprint density at radius 1 is 1.17 bits per heavy atom. The van der Waals surface area contributed by atoms with Crippen molar-refractivity contribution in [3.8, 4) is 17.1 Å². The first-order chi connectivity index (χ1) is 8.45. The molecule has 1 N–H and O–H groups in total. The van der Waals surface area contributed by atoms with E-state index in [0.717, 1.165) is 16.8 Å². The van der Waals surface area contributed by atoms with E-state index in [0.29, 0.717) is 0 Å². The molecule has 0 spiro atoms. The van der Waals surface area contributed by atoms with Gasteiger partial charge in [0.25, 0.3) is 0 Å². The molecule has 0 saturated heterocycles. The summed E-state index contributed by atoms with van der Waals surface area (Å²) >= 11 is 1.76. The van der Waals surface area contributed by atoms with E-state index in [4.69, 9.17) is 0 Å². The van der Waals surface area contributed by atoms with Gasteiger partial charge in [-0.15, -0.1) is 11.8 Å². The van der Waals surface area contributed by atoms with E-state index in [1.54, 1.807) is 18.8 Å². The molecule has 0 atom stereocenters. The summed E-state index contributed by atoms with van der Waals surface area (Å²) in [5.41, 5.74) is 5.25. The summed E-state index contributed by atoms with van der Waals surface area (Å²) in [6, 6.07) is 4.27. The minimum Gasteiger partial charge on any atom is -0.493 e. The summed E-state index contributed by atoms with van der Waals surface area (Å²) in [6.45, 7) is 6.12. The molecule has 0 bridgehead atoms. The molecule has 1 aromatic heterocycles. The second-order valence-corrected chi connectivity index (χ2v) is 5.38. The molecule has 4 heteroatoms. The van der Waals surface area contributed by atoms with E-state index >= 15 is 0 Å². The first-order valence-corrected chi connectivity index (χ1v) is 7.06. The van der Waals surface area contributed by atoms with Crippen LogP contribution in [0.2, 0.25) is 0 Å². The fourth-order valence-corrected chi connectivity index (χ4v) is 3.07. The molecule has 18 heavy (non-hydrogen) atoms. The van der Waals surface area contributed by atoms with Crippen molar-refractivity contribution in [3.63, 3.8) is 0 Å². The summed E-state index contributed by atoms with van der Waals surface area (Å²) in [7, 11) is 1.75. The molecule has 0 fully saturated rings. The van der Waals surface area contributed by atoms with Crippen molar-refractivity contribution in [3.05, 3.63) is 28.8 Å². The van der Waals surface area contributed by atoms with Crippen LogP contribution < -0.4 is 0 Å². The van der Waals surface area contributed by atoms with Crippen LogP contribution in [-0.4, -0.2) is 21.1 Å². The number of rotatable bonds is 2. The fraction of sp³-hybridized carbons (Fsp3) is 0.357. The Balaban J connectivity index is 2.62. The second kappa shape index (κ2) is 4.69. The summed E-state index contributed by atoms with van der Waals surface area (Å²) in [4.78, 5) is 1.32. The van der Waals surface area contributed by atoms with Gasteiger partial charge in [0.2, 0.25) is 5.88 Å². The summed E-state index contributed by atoms with van der Waals surface area (Å²) in [5.74, 6) is 0.231. The van der Waals surface area contributed by atoms with Gasteiger partial charge in [-0.2, -0.15) is 5.10 Å². The smallest absolute Gasteiger partial charge is 0.212 e. The maximum atomic E-state index is 9.82. The number of benzene rings is 1. The number of hydrogen-bond acceptors (Lipinski definition) is 3. The molecule has 3 nitrogen and oxygen atoms in total. The Labute approximate surface area is 112 Å². The van der Waals surface area contributed by atoms with Crippen LogP contribution in [0, 0.1) is 20.8 Å². The van der Waals surface area contributed by atoms with E-state index in [2.05, 4.69) is 37.3 Å². The zero-order valence-corrected chi connectivity index (χ0v) is 12.2. The molecular formula is C14H18N2OS. The molecule has 1 aromatic carbocycles. The van der Waals surface area contributed by atoms with Crippen LogP contribution >= 0.6 is 11.8 Å². The minimum absolute atomic E-state index is 0.231. The van der Waals surface area contributed by atoms with Crippen LogP contribution in [0.5, 0.6) is 5.88 Å². The predicted octanol–water partition coefficient (Wildman–Crippen LogP) is 3.44. The average molecular weight is 262 g/mol. The van der Waals surface area contributed by atoms with Crippen LogP contribution in [0.4, 0.5) is 0 Å². The van der Waals surface area contributed by atoms with Crippen molar-refractivity contribution < 1.29 is 5.11 Å². The van der Waals surface area contributed by atoms with Gasteiger partial charge < -0.3 is 5.11 Å². The van der Waals surface area contributed by atoms with Crippen molar-refractivity contribution in [1.82, 2.24) is 9.78 Å². The Morgan fingerprint density at radius 2 is 1.72 bits per heavy atom. The quantitative estimate of drug-likeness (QED) is 0.842. The summed E-state index contributed by atoms with van der Waals surface area (Å²) in [5, 5.41) is 14.2. The van der Waals surface area contributed by atoms with Gasteiger partial charge in [-0.25, -0.2) is 4.68 Å². The van der Waals surface area contributed by atoms with Crippen LogP contribution in [0.3, 0.4) is 0 Å². The highest BCUT2D eigenvalue weighted by atomic mass is 32.2. The number of aromatic hydroxyl groups is 1. The zero-order valence-electron chi connectivity index (χ0n) is 11.4. The number of nitrogens with zero attached hydrogens (tertiary/aromatic N) is 2. The highest BCUT2D eigenvalue weighted by molar-refractivity contribution is 7.98. The van der Waals surface area contributed by atoms with Gasteiger partial charge >= 0.3 is 0 Å². The summed E-state index contributed by atoms with van der Waals surface area (Å²) < 4.78 is 1.51. The van der Waals surface area contributed by atoms with Gasteiger partial charge in [0.1, 0.15) is 0 Å². The lowest BCUT2D eigenvalue weighted by molar-refractivity contribution is 0.416. The average Bonchev–Trinajstić information content (AvgIpc) is 2.56. The topological polar surface area (TPSA) is 38.0 Å². The number of aryl methyl sites for hydroxylation is 3. The van der Waals surface area contributed by atoms with Crippen molar-refractivity contribution in [2.75, 3.05) is 6.26 Å². The molecule has 0 aliphatic carbocycles. The molecule has 2 rings (SSSR count). The van der Waals surface area contributed by atoms with Crippen LogP contribution in [0.15, 0.2) is 17.0 Å². The SMILES string of the molecule is CSc1c(C)cc(-c2nn(C)c(O)c2C)cc1C. The molecule has 0 amide bonds. The van der Waals surface area contributed by atoms with E-state index < -0.39 is 0 Å². The fourth-order valence-electron chi connectivity index (χ4n) is 2.30. The molecule has 0 aliphatic heterocycles. The Morgan fingerprint density at radius 3 is 2.11 bits per heavy atom. The predicted molar refractivity (Wildman–Crippen MR) is 76.3 cm³/mol. The highest BCUT2D eigenvalue weighted by Crippen LogP contribution is 2.33. The van der Waals surface area contributed by atoms with Crippen molar-refractivity contribution in [2.45, 2.75) is 25.7 Å². The maximum absolute atomic E-state index is 9.82. The van der Waals surface area contributed by atoms with E-state index in [1.165, 1.54) is 20.7 Å². The lowest BCUT2D eigenvalue weighted by atomic mass is 10.0. The standard InChI is InChI=1S/C14H18N2OS/c1-8-6-11(7-9(2)13(8)18-5)12-10(3)14(17)16(4)15-12/h6-7,17H,1-5H3. The number of hydrogen-bond donors (Lipinski definition) is 1. The van der Waals surface area contributed by atoms with Gasteiger partial charge in [0.15, 0.2) is 0 Å². The molecule has 0 radical (unpaired) electrons. The van der Waals surface area contributed by atoms with Gasteiger partial charge in [0, 0.05) is 23.1 Å². The van der Waals surface area contributed by atoms with Crippen LogP contribution in [0.1, 0.15) is 16.7 Å². The maximum Gasteiger partial charge on any atom is 0.212 e. The first-order valence-electron chi connectivity index (χ1n) is 5.84. The Bertz CT molecular complexity index is 579. The summed E-state index contributed by atoms with van der Waals surface area (Å²) in [6.07, 6.45) is 2.09. The third kappa shape index (κ3) is 2.01. The number of thioether (sulfide) groups is 1. The first kappa shape index (κ1) is 13.0. The third-order valence-corrected chi connectivity index (χ3v) is 4.24. The van der Waals surface area contributed by atoms with E-state index in [1.807, 2.05) is 6.92 Å². The minimum atomic E-state index is 0.231. The normalized spacial score (nSPS) is 10.9. The molecule has 0 saturated carbocycles. The molecular weight excluding hydrogens is 244 g/mol. The van der Waals surface area contributed by atoms with Crippen LogP contribution in [-0.2, 0) is 7.05 Å². The molecule has 2 aromatic rings. The molecule has 0 unspecified atom stereocenters. The Kier molecular flexibility index (Phi) is 3.39. The molecule has 0 aliphatic rings.